The van der Waals surface area contributed by atoms with Crippen molar-refractivity contribution >= 4 is 7.92 Å². The van der Waals surface area contributed by atoms with Crippen molar-refractivity contribution in [1.29, 1.82) is 0 Å². The van der Waals surface area contributed by atoms with E-state index in [1.807, 2.05) is 6.08 Å². The monoisotopic (exact) mass is 172 g/mol. The molecular weight excluding hydrogens is 151 g/mol. The lowest BCUT2D eigenvalue weighted by Crippen LogP contribution is -1.91. The van der Waals surface area contributed by atoms with Gasteiger partial charge >= 0.3 is 0 Å². The van der Waals surface area contributed by atoms with E-state index in [1.54, 1.807) is 0 Å². The normalized spacial score (nSPS) is 12.9. The van der Waals surface area contributed by atoms with Gasteiger partial charge in [0.2, 0.25) is 0 Å². The zero-order valence-electron chi connectivity index (χ0n) is 7.97. The number of allylic oxidation sites excluding steroid dienone is 1. The minimum Gasteiger partial charge on any atom is -0.107 e. The van der Waals surface area contributed by atoms with Crippen molar-refractivity contribution in [1.82, 2.24) is 0 Å². The predicted octanol–water partition coefficient (Wildman–Crippen LogP) is 3.86. The van der Waals surface area contributed by atoms with E-state index >= 15 is 0 Å². The van der Waals surface area contributed by atoms with Gasteiger partial charge in [0.15, 0.2) is 0 Å². The van der Waals surface area contributed by atoms with Gasteiger partial charge in [-0.2, -0.15) is 0 Å². The molecule has 0 fully saturated rings. The summed E-state index contributed by atoms with van der Waals surface area (Å²) in [6, 6.07) is 0. The topological polar surface area (TPSA) is 0 Å². The molecule has 0 amide bonds. The first kappa shape index (κ1) is 11.2. The van der Waals surface area contributed by atoms with Gasteiger partial charge in [0.05, 0.1) is 0 Å². The van der Waals surface area contributed by atoms with E-state index in [4.69, 9.17) is 0 Å². The molecule has 0 aliphatic rings. The van der Waals surface area contributed by atoms with Crippen molar-refractivity contribution < 1.29 is 0 Å². The molecule has 0 aliphatic carbocycles. The highest BCUT2D eigenvalue weighted by Crippen LogP contribution is 2.36. The quantitative estimate of drug-likeness (QED) is 0.311. The van der Waals surface area contributed by atoms with Crippen LogP contribution in [0, 0.1) is 0 Å². The molecule has 0 saturated carbocycles. The fourth-order valence-corrected chi connectivity index (χ4v) is 3.32. The van der Waals surface area contributed by atoms with Crippen LogP contribution in [-0.4, -0.2) is 18.5 Å². The summed E-state index contributed by atoms with van der Waals surface area (Å²) in [5, 5.41) is 0. The van der Waals surface area contributed by atoms with E-state index in [0.717, 1.165) is 0 Å². The Balaban J connectivity index is 3.27. The zero-order valence-corrected chi connectivity index (χ0v) is 8.87. The molecule has 0 radical (unpaired) electrons. The molecule has 1 unspecified atom stereocenters. The van der Waals surface area contributed by atoms with Crippen molar-refractivity contribution in [2.75, 3.05) is 18.5 Å². The largest absolute Gasteiger partial charge is 0.107 e. The molecule has 0 bridgehead atoms. The van der Waals surface area contributed by atoms with Crippen molar-refractivity contribution in [3.8, 4) is 0 Å². The number of unbranched alkanes of at least 4 members (excludes halogenated alkanes) is 1. The molecule has 0 aromatic carbocycles. The third kappa shape index (κ3) is 6.56. The van der Waals surface area contributed by atoms with E-state index < -0.39 is 0 Å². The maximum absolute atomic E-state index is 3.74. The third-order valence-electron chi connectivity index (χ3n) is 1.87. The number of hydrogen-bond acceptors (Lipinski definition) is 0. The standard InChI is InChI=1S/C10H21P/c1-4-7-8-10-11(6-3)9-5-2/h4H,1,5-10H2,2-3H3. The molecule has 0 rings (SSSR count). The smallest absolute Gasteiger partial charge is 0.0323 e. The molecule has 0 nitrogen and oxygen atoms in total. The van der Waals surface area contributed by atoms with Gasteiger partial charge in [-0.1, -0.05) is 26.3 Å². The fraction of sp³-hybridized carbons (Fsp3) is 0.800. The second-order valence-corrected chi connectivity index (χ2v) is 5.73. The van der Waals surface area contributed by atoms with Gasteiger partial charge in [0, 0.05) is 0 Å². The maximum Gasteiger partial charge on any atom is -0.0323 e. The highest BCUT2D eigenvalue weighted by molar-refractivity contribution is 7.57. The first-order chi connectivity index (χ1) is 5.35. The maximum atomic E-state index is 3.74. The highest BCUT2D eigenvalue weighted by Gasteiger charge is 2.01. The summed E-state index contributed by atoms with van der Waals surface area (Å²) in [7, 11) is 0.382. The summed E-state index contributed by atoms with van der Waals surface area (Å²) in [5.74, 6) is 0. The van der Waals surface area contributed by atoms with Crippen molar-refractivity contribution in [3.63, 3.8) is 0 Å². The summed E-state index contributed by atoms with van der Waals surface area (Å²) < 4.78 is 0. The Morgan fingerprint density at radius 3 is 2.45 bits per heavy atom. The van der Waals surface area contributed by atoms with Crippen LogP contribution < -0.4 is 0 Å². The first-order valence-electron chi connectivity index (χ1n) is 4.68. The van der Waals surface area contributed by atoms with Crippen LogP contribution in [0.25, 0.3) is 0 Å². The summed E-state index contributed by atoms with van der Waals surface area (Å²) in [6.45, 7) is 8.36. The molecular formula is C10H21P. The van der Waals surface area contributed by atoms with E-state index in [9.17, 15) is 0 Å². The minimum absolute atomic E-state index is 0.382. The Labute approximate surface area is 72.8 Å². The molecule has 0 aromatic rings. The fourth-order valence-electron chi connectivity index (χ4n) is 1.20. The lowest BCUT2D eigenvalue weighted by atomic mass is 10.3. The minimum atomic E-state index is 0.382. The van der Waals surface area contributed by atoms with Crippen LogP contribution in [-0.2, 0) is 0 Å². The summed E-state index contributed by atoms with van der Waals surface area (Å²) >= 11 is 0. The Morgan fingerprint density at radius 1 is 1.27 bits per heavy atom. The van der Waals surface area contributed by atoms with Crippen LogP contribution in [0.4, 0.5) is 0 Å². The summed E-state index contributed by atoms with van der Waals surface area (Å²) in [4.78, 5) is 0. The second-order valence-electron chi connectivity index (χ2n) is 2.87. The molecule has 0 N–H and O–H groups in total. The molecule has 0 saturated heterocycles. The van der Waals surface area contributed by atoms with Gasteiger partial charge in [0.1, 0.15) is 0 Å². The SMILES string of the molecule is C=CCCCP(CC)CCC. The molecule has 66 valence electrons. The van der Waals surface area contributed by atoms with Crippen LogP contribution in [0.15, 0.2) is 12.7 Å². The molecule has 1 heteroatoms. The van der Waals surface area contributed by atoms with Gasteiger partial charge in [-0.15, -0.1) is 14.5 Å². The van der Waals surface area contributed by atoms with Gasteiger partial charge in [0.25, 0.3) is 0 Å². The average molecular weight is 172 g/mol. The molecule has 11 heavy (non-hydrogen) atoms. The van der Waals surface area contributed by atoms with Gasteiger partial charge in [-0.3, -0.25) is 0 Å². The molecule has 0 heterocycles. The van der Waals surface area contributed by atoms with E-state index in [1.165, 1.54) is 37.7 Å². The zero-order chi connectivity index (χ0) is 8.53. The van der Waals surface area contributed by atoms with Crippen LogP contribution in [0.2, 0.25) is 0 Å². The predicted molar refractivity (Wildman–Crippen MR) is 56.9 cm³/mol. The van der Waals surface area contributed by atoms with Gasteiger partial charge < -0.3 is 0 Å². The lowest BCUT2D eigenvalue weighted by Gasteiger charge is -2.13. The Morgan fingerprint density at radius 2 is 2.00 bits per heavy atom. The van der Waals surface area contributed by atoms with Crippen LogP contribution in [0.3, 0.4) is 0 Å². The van der Waals surface area contributed by atoms with Gasteiger partial charge in [-0.05, 0) is 31.3 Å². The third-order valence-corrected chi connectivity index (χ3v) is 4.79. The molecule has 0 spiro atoms. The molecule has 1 atom stereocenters. The Bertz CT molecular complexity index is 88.9. The number of hydrogen-bond donors (Lipinski definition) is 0. The summed E-state index contributed by atoms with van der Waals surface area (Å²) in [6.07, 6.45) is 10.3. The first-order valence-corrected chi connectivity index (χ1v) is 6.58. The van der Waals surface area contributed by atoms with Crippen LogP contribution >= 0.6 is 7.92 Å². The average Bonchev–Trinajstić information content (AvgIpc) is 2.03. The Kier molecular flexibility index (Phi) is 8.40. The molecule has 0 aromatic heterocycles. The van der Waals surface area contributed by atoms with Crippen LogP contribution in [0.5, 0.6) is 0 Å². The van der Waals surface area contributed by atoms with Crippen LogP contribution in [0.1, 0.15) is 33.1 Å². The lowest BCUT2D eigenvalue weighted by molar-refractivity contribution is 0.957. The summed E-state index contributed by atoms with van der Waals surface area (Å²) in [5.41, 5.74) is 0. The van der Waals surface area contributed by atoms with Crippen molar-refractivity contribution in [2.45, 2.75) is 33.1 Å². The number of rotatable bonds is 7. The van der Waals surface area contributed by atoms with Crippen molar-refractivity contribution in [3.05, 3.63) is 12.7 Å². The second kappa shape index (κ2) is 8.27. The molecule has 0 aliphatic heterocycles. The Hall–Kier alpha value is 0.170. The highest BCUT2D eigenvalue weighted by atomic mass is 31.1. The van der Waals surface area contributed by atoms with Gasteiger partial charge in [-0.25, -0.2) is 0 Å². The van der Waals surface area contributed by atoms with E-state index in [0.29, 0.717) is 7.92 Å². The van der Waals surface area contributed by atoms with E-state index in [-0.39, 0.29) is 0 Å². The van der Waals surface area contributed by atoms with E-state index in [2.05, 4.69) is 20.4 Å². The van der Waals surface area contributed by atoms with Crippen molar-refractivity contribution in [2.24, 2.45) is 0 Å².